The van der Waals surface area contributed by atoms with Crippen LogP contribution in [0.25, 0.3) is 21.9 Å². The number of hydrogen-bond acceptors (Lipinski definition) is 2. The zero-order valence-electron chi connectivity index (χ0n) is 12.2. The molecular formula is C17H19NO. The Morgan fingerprint density at radius 1 is 0.947 bits per heavy atom. The first kappa shape index (κ1) is 12.2. The van der Waals surface area contributed by atoms with Gasteiger partial charge in [-0.05, 0) is 30.9 Å². The molecular weight excluding hydrogens is 234 g/mol. The molecule has 2 aromatic heterocycles. The summed E-state index contributed by atoms with van der Waals surface area (Å²) < 4.78 is 6.16. The molecule has 0 radical (unpaired) electrons. The molecule has 0 spiro atoms. The summed E-state index contributed by atoms with van der Waals surface area (Å²) in [7, 11) is 0. The van der Waals surface area contributed by atoms with Crippen LogP contribution in [0.4, 0.5) is 0 Å². The van der Waals surface area contributed by atoms with Crippen molar-refractivity contribution >= 4 is 21.9 Å². The van der Waals surface area contributed by atoms with Crippen molar-refractivity contribution in [3.8, 4) is 0 Å². The highest BCUT2D eigenvalue weighted by molar-refractivity contribution is 6.06. The van der Waals surface area contributed by atoms with Crippen LogP contribution in [0, 0.1) is 13.8 Å². The Morgan fingerprint density at radius 3 is 2.32 bits per heavy atom. The lowest BCUT2D eigenvalue weighted by atomic mass is 9.83. The molecule has 2 nitrogen and oxygen atoms in total. The molecule has 0 saturated carbocycles. The van der Waals surface area contributed by atoms with Crippen LogP contribution in [0.15, 0.2) is 28.8 Å². The molecule has 2 heterocycles. The number of fused-ring (bicyclic) bond motifs is 3. The van der Waals surface area contributed by atoms with Crippen LogP contribution in [0.2, 0.25) is 0 Å². The number of nitrogens with zero attached hydrogens (tertiary/aromatic N) is 1. The van der Waals surface area contributed by atoms with Gasteiger partial charge in [0.15, 0.2) is 5.58 Å². The summed E-state index contributed by atoms with van der Waals surface area (Å²) in [6.07, 6.45) is 1.85. The van der Waals surface area contributed by atoms with Crippen molar-refractivity contribution in [2.75, 3.05) is 0 Å². The van der Waals surface area contributed by atoms with E-state index >= 15 is 0 Å². The van der Waals surface area contributed by atoms with E-state index in [1.54, 1.807) is 0 Å². The highest BCUT2D eigenvalue weighted by atomic mass is 16.3. The van der Waals surface area contributed by atoms with E-state index in [1.807, 2.05) is 19.2 Å². The molecule has 19 heavy (non-hydrogen) atoms. The Balaban J connectivity index is 2.54. The Bertz CT molecular complexity index is 775. The van der Waals surface area contributed by atoms with Crippen LogP contribution in [-0.4, -0.2) is 4.98 Å². The van der Waals surface area contributed by atoms with E-state index in [0.29, 0.717) is 0 Å². The van der Waals surface area contributed by atoms with Crippen molar-refractivity contribution in [3.05, 3.63) is 41.2 Å². The highest BCUT2D eigenvalue weighted by Gasteiger charge is 2.23. The van der Waals surface area contributed by atoms with E-state index in [-0.39, 0.29) is 5.41 Å². The van der Waals surface area contributed by atoms with Crippen LogP contribution in [0.1, 0.15) is 37.6 Å². The first-order valence-corrected chi connectivity index (χ1v) is 6.67. The van der Waals surface area contributed by atoms with Crippen LogP contribution in [-0.2, 0) is 5.41 Å². The number of hydrogen-bond donors (Lipinski definition) is 0. The Hall–Kier alpha value is -1.83. The topological polar surface area (TPSA) is 26.0 Å². The van der Waals surface area contributed by atoms with E-state index in [9.17, 15) is 0 Å². The second-order valence-corrected chi connectivity index (χ2v) is 6.26. The Kier molecular flexibility index (Phi) is 2.46. The molecule has 0 N–H and O–H groups in total. The quantitative estimate of drug-likeness (QED) is 0.569. The first-order chi connectivity index (χ1) is 8.89. The first-order valence-electron chi connectivity index (χ1n) is 6.67. The summed E-state index contributed by atoms with van der Waals surface area (Å²) in [6.45, 7) is 10.8. The molecule has 0 fully saturated rings. The SMILES string of the molecule is Cc1ccc2c(oc3c(C)nccc32)c1C(C)(C)C. The fourth-order valence-electron chi connectivity index (χ4n) is 2.93. The molecule has 1 aromatic carbocycles. The molecule has 0 bridgehead atoms. The number of furan rings is 1. The lowest BCUT2D eigenvalue weighted by Gasteiger charge is -2.21. The summed E-state index contributed by atoms with van der Waals surface area (Å²) >= 11 is 0. The average Bonchev–Trinajstić information content (AvgIpc) is 2.67. The normalized spacial score (nSPS) is 12.5. The van der Waals surface area contributed by atoms with Gasteiger partial charge < -0.3 is 4.42 Å². The molecule has 0 aliphatic rings. The summed E-state index contributed by atoms with van der Waals surface area (Å²) in [5.74, 6) is 0. The summed E-state index contributed by atoms with van der Waals surface area (Å²) in [6, 6.07) is 6.38. The number of aryl methyl sites for hydroxylation is 2. The third-order valence-corrected chi connectivity index (χ3v) is 3.69. The molecule has 0 amide bonds. The molecule has 3 aromatic rings. The van der Waals surface area contributed by atoms with Crippen molar-refractivity contribution in [2.45, 2.75) is 40.0 Å². The van der Waals surface area contributed by atoms with E-state index in [2.05, 4.69) is 44.8 Å². The molecule has 0 unspecified atom stereocenters. The minimum atomic E-state index is 0.0683. The van der Waals surface area contributed by atoms with Crippen LogP contribution in [0.3, 0.4) is 0 Å². The van der Waals surface area contributed by atoms with Gasteiger partial charge in [-0.2, -0.15) is 0 Å². The Labute approximate surface area is 113 Å². The molecule has 0 atom stereocenters. The zero-order chi connectivity index (χ0) is 13.8. The van der Waals surface area contributed by atoms with Gasteiger partial charge in [0.1, 0.15) is 5.58 Å². The van der Waals surface area contributed by atoms with E-state index in [4.69, 9.17) is 4.42 Å². The third-order valence-electron chi connectivity index (χ3n) is 3.69. The minimum absolute atomic E-state index is 0.0683. The monoisotopic (exact) mass is 253 g/mol. The van der Waals surface area contributed by atoms with Crippen LogP contribution >= 0.6 is 0 Å². The van der Waals surface area contributed by atoms with Gasteiger partial charge in [0.2, 0.25) is 0 Å². The number of aromatic nitrogens is 1. The van der Waals surface area contributed by atoms with Gasteiger partial charge >= 0.3 is 0 Å². The van der Waals surface area contributed by atoms with E-state index in [1.165, 1.54) is 16.5 Å². The van der Waals surface area contributed by atoms with Crippen molar-refractivity contribution < 1.29 is 4.42 Å². The maximum absolute atomic E-state index is 6.16. The zero-order valence-corrected chi connectivity index (χ0v) is 12.2. The van der Waals surface area contributed by atoms with Crippen molar-refractivity contribution in [1.82, 2.24) is 4.98 Å². The lowest BCUT2D eigenvalue weighted by Crippen LogP contribution is -2.13. The largest absolute Gasteiger partial charge is 0.454 e. The molecule has 3 rings (SSSR count). The fourth-order valence-corrected chi connectivity index (χ4v) is 2.93. The van der Waals surface area contributed by atoms with Gasteiger partial charge in [-0.15, -0.1) is 0 Å². The van der Waals surface area contributed by atoms with Gasteiger partial charge in [0.05, 0.1) is 5.69 Å². The second kappa shape index (κ2) is 3.83. The predicted molar refractivity (Wildman–Crippen MR) is 79.7 cm³/mol. The van der Waals surface area contributed by atoms with E-state index in [0.717, 1.165) is 22.2 Å². The fraction of sp³-hybridized carbons (Fsp3) is 0.353. The summed E-state index contributed by atoms with van der Waals surface area (Å²) in [4.78, 5) is 4.32. The predicted octanol–water partition coefficient (Wildman–Crippen LogP) is 4.90. The van der Waals surface area contributed by atoms with Crippen LogP contribution < -0.4 is 0 Å². The molecule has 0 saturated heterocycles. The molecule has 98 valence electrons. The third kappa shape index (κ3) is 1.74. The van der Waals surface area contributed by atoms with Gasteiger partial charge in [0, 0.05) is 22.5 Å². The van der Waals surface area contributed by atoms with Gasteiger partial charge in [0.25, 0.3) is 0 Å². The van der Waals surface area contributed by atoms with Gasteiger partial charge in [-0.1, -0.05) is 32.9 Å². The number of benzene rings is 1. The van der Waals surface area contributed by atoms with Gasteiger partial charge in [-0.3, -0.25) is 4.98 Å². The lowest BCUT2D eigenvalue weighted by molar-refractivity contribution is 0.568. The van der Waals surface area contributed by atoms with Crippen molar-refractivity contribution in [3.63, 3.8) is 0 Å². The van der Waals surface area contributed by atoms with Crippen molar-refractivity contribution in [1.29, 1.82) is 0 Å². The highest BCUT2D eigenvalue weighted by Crippen LogP contribution is 2.38. The maximum Gasteiger partial charge on any atom is 0.156 e. The molecule has 2 heteroatoms. The summed E-state index contributed by atoms with van der Waals surface area (Å²) in [5, 5.41) is 2.35. The smallest absolute Gasteiger partial charge is 0.156 e. The van der Waals surface area contributed by atoms with Gasteiger partial charge in [-0.25, -0.2) is 0 Å². The second-order valence-electron chi connectivity index (χ2n) is 6.26. The summed E-state index contributed by atoms with van der Waals surface area (Å²) in [5.41, 5.74) is 5.52. The minimum Gasteiger partial charge on any atom is -0.454 e. The molecule has 0 aliphatic carbocycles. The standard InChI is InChI=1S/C17H19NO/c1-10-6-7-12-13-8-9-18-11(2)15(13)19-16(12)14(10)17(3,4)5/h6-9H,1-5H3. The average molecular weight is 253 g/mol. The van der Waals surface area contributed by atoms with Crippen LogP contribution in [0.5, 0.6) is 0 Å². The molecule has 0 aliphatic heterocycles. The number of pyridine rings is 1. The van der Waals surface area contributed by atoms with Crippen molar-refractivity contribution in [2.24, 2.45) is 0 Å². The Morgan fingerprint density at radius 2 is 1.63 bits per heavy atom. The van der Waals surface area contributed by atoms with E-state index < -0.39 is 0 Å². The number of rotatable bonds is 0. The maximum atomic E-state index is 6.16.